The highest BCUT2D eigenvalue weighted by Gasteiger charge is 2.28. The third kappa shape index (κ3) is 3.05. The maximum absolute atomic E-state index is 10.9. The molecule has 1 saturated heterocycles. The van der Waals surface area contributed by atoms with E-state index in [0.717, 1.165) is 6.42 Å². The normalized spacial score (nSPS) is 25.5. The molecule has 2 rings (SSSR count). The third-order valence-electron chi connectivity index (χ3n) is 2.80. The summed E-state index contributed by atoms with van der Waals surface area (Å²) >= 11 is 0. The number of benzene rings is 1. The summed E-state index contributed by atoms with van der Waals surface area (Å²) in [5, 5.41) is 1.59. The number of hydrogen-bond acceptors (Lipinski definition) is 4. The van der Waals surface area contributed by atoms with Crippen LogP contribution in [0.3, 0.4) is 0 Å². The van der Waals surface area contributed by atoms with Gasteiger partial charge in [-0.25, -0.2) is 0 Å². The second-order valence-corrected chi connectivity index (χ2v) is 4.15. The fourth-order valence-electron chi connectivity index (χ4n) is 2.00. The minimum absolute atomic E-state index is 0.0815. The summed E-state index contributed by atoms with van der Waals surface area (Å²) in [5.74, 6) is -0.307. The monoisotopic (exact) mass is 235 g/mol. The van der Waals surface area contributed by atoms with Gasteiger partial charge in [0.05, 0.1) is 6.10 Å². The van der Waals surface area contributed by atoms with E-state index in [-0.39, 0.29) is 18.3 Å². The zero-order valence-corrected chi connectivity index (χ0v) is 10.1. The minimum atomic E-state index is -0.307. The van der Waals surface area contributed by atoms with Gasteiger partial charge in [0.2, 0.25) is 0 Å². The van der Waals surface area contributed by atoms with Gasteiger partial charge in [0.25, 0.3) is 0 Å². The SMILES string of the molecule is CC(=O)ON1CC[C@@H](c2ccccc2)O[C@H]1C. The number of hydroxylamine groups is 2. The molecule has 0 aromatic heterocycles. The molecule has 1 aliphatic heterocycles. The highest BCUT2D eigenvalue weighted by molar-refractivity contribution is 5.65. The van der Waals surface area contributed by atoms with Gasteiger partial charge in [-0.05, 0) is 18.9 Å². The van der Waals surface area contributed by atoms with Crippen molar-refractivity contribution in [2.75, 3.05) is 6.54 Å². The van der Waals surface area contributed by atoms with Crippen molar-refractivity contribution in [3.8, 4) is 0 Å². The standard InChI is InChI=1S/C13H17NO3/c1-10-14(17-11(2)15)9-8-13(16-10)12-6-4-3-5-7-12/h3-7,10,13H,8-9H2,1-2H3/t10-,13-/m0/s1. The molecule has 0 radical (unpaired) electrons. The van der Waals surface area contributed by atoms with Crippen molar-refractivity contribution in [2.24, 2.45) is 0 Å². The van der Waals surface area contributed by atoms with Crippen molar-refractivity contribution in [3.05, 3.63) is 35.9 Å². The van der Waals surface area contributed by atoms with Crippen LogP contribution >= 0.6 is 0 Å². The Morgan fingerprint density at radius 2 is 2.12 bits per heavy atom. The number of carbonyl (C=O) groups is 1. The molecule has 0 saturated carbocycles. The van der Waals surface area contributed by atoms with E-state index in [1.165, 1.54) is 12.5 Å². The van der Waals surface area contributed by atoms with Crippen LogP contribution in [0, 0.1) is 0 Å². The molecule has 1 aromatic carbocycles. The minimum Gasteiger partial charge on any atom is -0.366 e. The first kappa shape index (κ1) is 12.1. The van der Waals surface area contributed by atoms with Crippen LogP contribution in [0.1, 0.15) is 31.9 Å². The van der Waals surface area contributed by atoms with Gasteiger partial charge < -0.3 is 9.57 Å². The number of ether oxygens (including phenoxy) is 1. The van der Waals surface area contributed by atoms with E-state index >= 15 is 0 Å². The van der Waals surface area contributed by atoms with Gasteiger partial charge in [0, 0.05) is 13.5 Å². The number of carbonyl (C=O) groups excluding carboxylic acids is 1. The maximum Gasteiger partial charge on any atom is 0.322 e. The summed E-state index contributed by atoms with van der Waals surface area (Å²) in [6, 6.07) is 10.1. The zero-order valence-electron chi connectivity index (χ0n) is 10.1. The quantitative estimate of drug-likeness (QED) is 0.788. The maximum atomic E-state index is 10.9. The van der Waals surface area contributed by atoms with Crippen LogP contribution in [0.2, 0.25) is 0 Å². The number of nitrogens with zero attached hydrogens (tertiary/aromatic N) is 1. The Morgan fingerprint density at radius 1 is 1.41 bits per heavy atom. The molecule has 0 aliphatic carbocycles. The van der Waals surface area contributed by atoms with Gasteiger partial charge >= 0.3 is 5.97 Å². The van der Waals surface area contributed by atoms with Crippen molar-refractivity contribution in [3.63, 3.8) is 0 Å². The first-order valence-corrected chi connectivity index (χ1v) is 5.82. The van der Waals surface area contributed by atoms with Crippen molar-refractivity contribution < 1.29 is 14.4 Å². The van der Waals surface area contributed by atoms with Crippen LogP contribution in [0.5, 0.6) is 0 Å². The van der Waals surface area contributed by atoms with Gasteiger partial charge in [-0.15, -0.1) is 5.06 Å². The van der Waals surface area contributed by atoms with Crippen molar-refractivity contribution in [1.82, 2.24) is 5.06 Å². The van der Waals surface area contributed by atoms with Crippen LogP contribution in [0.25, 0.3) is 0 Å². The molecule has 1 fully saturated rings. The zero-order chi connectivity index (χ0) is 12.3. The lowest BCUT2D eigenvalue weighted by Gasteiger charge is -2.36. The second-order valence-electron chi connectivity index (χ2n) is 4.15. The first-order chi connectivity index (χ1) is 8.16. The Morgan fingerprint density at radius 3 is 2.71 bits per heavy atom. The largest absolute Gasteiger partial charge is 0.366 e. The molecule has 0 bridgehead atoms. The van der Waals surface area contributed by atoms with Crippen molar-refractivity contribution in [1.29, 1.82) is 0 Å². The molecule has 4 nitrogen and oxygen atoms in total. The fraction of sp³-hybridized carbons (Fsp3) is 0.462. The van der Waals surface area contributed by atoms with E-state index in [9.17, 15) is 4.79 Å². The number of rotatable bonds is 2. The Labute approximate surface area is 101 Å². The average Bonchev–Trinajstić information content (AvgIpc) is 2.32. The van der Waals surface area contributed by atoms with E-state index in [4.69, 9.17) is 9.57 Å². The van der Waals surface area contributed by atoms with Crippen LogP contribution < -0.4 is 0 Å². The Kier molecular flexibility index (Phi) is 3.76. The predicted molar refractivity (Wildman–Crippen MR) is 62.8 cm³/mol. The highest BCUT2D eigenvalue weighted by Crippen LogP contribution is 2.28. The summed E-state index contributed by atoms with van der Waals surface area (Å²) in [4.78, 5) is 15.9. The molecule has 1 aliphatic rings. The summed E-state index contributed by atoms with van der Waals surface area (Å²) < 4.78 is 5.83. The van der Waals surface area contributed by atoms with Crippen LogP contribution in [-0.2, 0) is 14.4 Å². The average molecular weight is 235 g/mol. The lowest BCUT2D eigenvalue weighted by molar-refractivity contribution is -0.271. The Hall–Kier alpha value is -1.39. The molecule has 1 aromatic rings. The van der Waals surface area contributed by atoms with Crippen LogP contribution in [-0.4, -0.2) is 23.8 Å². The van der Waals surface area contributed by atoms with Crippen molar-refractivity contribution >= 4 is 5.97 Å². The van der Waals surface area contributed by atoms with Gasteiger partial charge in [0.15, 0.2) is 0 Å². The van der Waals surface area contributed by atoms with E-state index < -0.39 is 0 Å². The van der Waals surface area contributed by atoms with Gasteiger partial charge in [0.1, 0.15) is 6.23 Å². The summed E-state index contributed by atoms with van der Waals surface area (Å²) in [5.41, 5.74) is 1.17. The van der Waals surface area contributed by atoms with E-state index in [0.29, 0.717) is 6.54 Å². The second kappa shape index (κ2) is 5.29. The summed E-state index contributed by atoms with van der Waals surface area (Å²) in [6.45, 7) is 3.98. The summed E-state index contributed by atoms with van der Waals surface area (Å²) in [6.07, 6.45) is 0.692. The first-order valence-electron chi connectivity index (χ1n) is 5.82. The molecule has 2 atom stereocenters. The number of hydrogen-bond donors (Lipinski definition) is 0. The smallest absolute Gasteiger partial charge is 0.322 e. The summed E-state index contributed by atoms with van der Waals surface area (Å²) in [7, 11) is 0. The van der Waals surface area contributed by atoms with Crippen molar-refractivity contribution in [2.45, 2.75) is 32.6 Å². The molecule has 0 N–H and O–H groups in total. The molecular formula is C13H17NO3. The predicted octanol–water partition coefficient (Wildman–Crippen LogP) is 2.27. The molecule has 0 amide bonds. The molecule has 0 unspecified atom stereocenters. The highest BCUT2D eigenvalue weighted by atomic mass is 16.7. The third-order valence-corrected chi connectivity index (χ3v) is 2.80. The lowest BCUT2D eigenvalue weighted by atomic mass is 10.1. The van der Waals surface area contributed by atoms with E-state index in [2.05, 4.69) is 12.1 Å². The molecule has 1 heterocycles. The van der Waals surface area contributed by atoms with Gasteiger partial charge in [-0.1, -0.05) is 30.3 Å². The Bertz CT molecular complexity index is 380. The van der Waals surface area contributed by atoms with Gasteiger partial charge in [-0.2, -0.15) is 0 Å². The Balaban J connectivity index is 1.97. The molecule has 17 heavy (non-hydrogen) atoms. The molecule has 4 heteroatoms. The molecule has 0 spiro atoms. The van der Waals surface area contributed by atoms with E-state index in [1.807, 2.05) is 25.1 Å². The van der Waals surface area contributed by atoms with E-state index in [1.54, 1.807) is 5.06 Å². The topological polar surface area (TPSA) is 38.8 Å². The van der Waals surface area contributed by atoms with Crippen LogP contribution in [0.4, 0.5) is 0 Å². The van der Waals surface area contributed by atoms with Crippen LogP contribution in [0.15, 0.2) is 30.3 Å². The molecule has 92 valence electrons. The van der Waals surface area contributed by atoms with Gasteiger partial charge in [-0.3, -0.25) is 4.79 Å². The molecular weight excluding hydrogens is 218 g/mol. The lowest BCUT2D eigenvalue weighted by Crippen LogP contribution is -2.42. The fourth-order valence-corrected chi connectivity index (χ4v) is 2.00.